The molecule has 0 bridgehead atoms. The van der Waals surface area contributed by atoms with Gasteiger partial charge in [0.05, 0.1) is 0 Å². The average Bonchev–Trinajstić information content (AvgIpc) is 2.82. The highest BCUT2D eigenvalue weighted by molar-refractivity contribution is 7.99. The van der Waals surface area contributed by atoms with Gasteiger partial charge >= 0.3 is 0 Å². The Bertz CT molecular complexity index is 490. The van der Waals surface area contributed by atoms with Crippen LogP contribution in [0.5, 0.6) is 0 Å². The van der Waals surface area contributed by atoms with Gasteiger partial charge in [-0.3, -0.25) is 4.40 Å². The van der Waals surface area contributed by atoms with Crippen molar-refractivity contribution in [3.8, 4) is 0 Å². The van der Waals surface area contributed by atoms with Crippen molar-refractivity contribution < 1.29 is 0 Å². The highest BCUT2D eigenvalue weighted by atomic mass is 35.5. The first-order chi connectivity index (χ1) is 7.34. The molecule has 0 amide bonds. The van der Waals surface area contributed by atoms with Crippen molar-refractivity contribution >= 4 is 29.0 Å². The highest BCUT2D eigenvalue weighted by Gasteiger charge is 2.22. The molecule has 15 heavy (non-hydrogen) atoms. The Balaban J connectivity index is 2.11. The van der Waals surface area contributed by atoms with Crippen molar-refractivity contribution in [3.63, 3.8) is 0 Å². The fourth-order valence-corrected chi connectivity index (χ4v) is 3.27. The van der Waals surface area contributed by atoms with Crippen LogP contribution in [0.1, 0.15) is 18.2 Å². The van der Waals surface area contributed by atoms with Gasteiger partial charge in [0.1, 0.15) is 5.82 Å². The lowest BCUT2D eigenvalue weighted by atomic mass is 10.1. The molecular formula is C10H10ClN3S. The third-order valence-electron chi connectivity index (χ3n) is 2.69. The minimum atomic E-state index is 0.547. The van der Waals surface area contributed by atoms with Crippen molar-refractivity contribution in [3.05, 3.63) is 29.2 Å². The number of hydrogen-bond donors (Lipinski definition) is 0. The van der Waals surface area contributed by atoms with Gasteiger partial charge in [-0.2, -0.15) is 11.8 Å². The summed E-state index contributed by atoms with van der Waals surface area (Å²) in [5, 5.41) is 9.11. The van der Waals surface area contributed by atoms with Crippen molar-refractivity contribution in [1.29, 1.82) is 0 Å². The summed E-state index contributed by atoms with van der Waals surface area (Å²) < 4.78 is 2.04. The zero-order valence-corrected chi connectivity index (χ0v) is 9.63. The summed E-state index contributed by atoms with van der Waals surface area (Å²) in [7, 11) is 0. The summed E-state index contributed by atoms with van der Waals surface area (Å²) in [5.74, 6) is 4.01. The number of thioether (sulfide) groups is 1. The van der Waals surface area contributed by atoms with Crippen LogP contribution in [-0.4, -0.2) is 26.1 Å². The highest BCUT2D eigenvalue weighted by Crippen LogP contribution is 2.31. The Morgan fingerprint density at radius 2 is 2.40 bits per heavy atom. The standard InChI is InChI=1S/C10H10ClN3S/c11-8-1-3-14-9(5-8)12-13-10(14)7-2-4-15-6-7/h1,3,5,7H,2,4,6H2. The zero-order chi connectivity index (χ0) is 10.3. The van der Waals surface area contributed by atoms with Crippen LogP contribution >= 0.6 is 23.4 Å². The Labute approximate surface area is 96.8 Å². The second-order valence-electron chi connectivity index (χ2n) is 3.69. The predicted molar refractivity (Wildman–Crippen MR) is 62.7 cm³/mol. The van der Waals surface area contributed by atoms with Crippen molar-refractivity contribution in [2.24, 2.45) is 0 Å². The van der Waals surface area contributed by atoms with Gasteiger partial charge in [0.25, 0.3) is 0 Å². The molecule has 0 saturated carbocycles. The molecule has 2 aromatic rings. The molecule has 0 radical (unpaired) electrons. The fraction of sp³-hybridized carbons (Fsp3) is 0.400. The Morgan fingerprint density at radius 1 is 1.47 bits per heavy atom. The van der Waals surface area contributed by atoms with Crippen LogP contribution in [0.3, 0.4) is 0 Å². The topological polar surface area (TPSA) is 30.2 Å². The van der Waals surface area contributed by atoms with E-state index in [0.717, 1.165) is 17.2 Å². The molecule has 2 aromatic heterocycles. The maximum atomic E-state index is 5.90. The van der Waals surface area contributed by atoms with Crippen LogP contribution in [0.2, 0.25) is 5.02 Å². The number of aromatic nitrogens is 3. The molecule has 1 aliphatic rings. The molecule has 3 rings (SSSR count). The quantitative estimate of drug-likeness (QED) is 0.766. The Kier molecular flexibility index (Phi) is 2.33. The van der Waals surface area contributed by atoms with Crippen molar-refractivity contribution in [2.45, 2.75) is 12.3 Å². The predicted octanol–water partition coefficient (Wildman–Crippen LogP) is 2.60. The van der Waals surface area contributed by atoms with Crippen LogP contribution in [0.15, 0.2) is 18.3 Å². The minimum Gasteiger partial charge on any atom is -0.286 e. The largest absolute Gasteiger partial charge is 0.286 e. The molecule has 3 nitrogen and oxygen atoms in total. The SMILES string of the molecule is Clc1ccn2c(C3CCSC3)nnc2c1. The van der Waals surface area contributed by atoms with E-state index in [2.05, 4.69) is 10.2 Å². The van der Waals surface area contributed by atoms with Crippen LogP contribution in [0, 0.1) is 0 Å². The third kappa shape index (κ3) is 1.62. The number of hydrogen-bond acceptors (Lipinski definition) is 3. The number of halogens is 1. The molecule has 0 aromatic carbocycles. The number of nitrogens with zero attached hydrogens (tertiary/aromatic N) is 3. The zero-order valence-electron chi connectivity index (χ0n) is 8.06. The lowest BCUT2D eigenvalue weighted by Crippen LogP contribution is -2.02. The molecule has 3 heterocycles. The molecule has 1 unspecified atom stereocenters. The van der Waals surface area contributed by atoms with Gasteiger partial charge in [-0.1, -0.05) is 11.6 Å². The molecule has 1 atom stereocenters. The van der Waals surface area contributed by atoms with Gasteiger partial charge in [0.2, 0.25) is 0 Å². The van der Waals surface area contributed by atoms with Gasteiger partial charge in [-0.05, 0) is 18.2 Å². The van der Waals surface area contributed by atoms with Gasteiger partial charge in [0, 0.05) is 29.0 Å². The van der Waals surface area contributed by atoms with E-state index in [1.165, 1.54) is 12.2 Å². The molecule has 1 fully saturated rings. The van der Waals surface area contributed by atoms with Crippen molar-refractivity contribution in [2.75, 3.05) is 11.5 Å². The van der Waals surface area contributed by atoms with Crippen LogP contribution in [0.25, 0.3) is 5.65 Å². The molecule has 78 valence electrons. The van der Waals surface area contributed by atoms with Gasteiger partial charge in [-0.15, -0.1) is 10.2 Å². The summed E-state index contributed by atoms with van der Waals surface area (Å²) in [6, 6.07) is 3.73. The number of rotatable bonds is 1. The van der Waals surface area contributed by atoms with Gasteiger partial charge in [0.15, 0.2) is 5.65 Å². The van der Waals surface area contributed by atoms with E-state index < -0.39 is 0 Å². The Morgan fingerprint density at radius 3 is 3.20 bits per heavy atom. The van der Waals surface area contributed by atoms with Crippen LogP contribution < -0.4 is 0 Å². The van der Waals surface area contributed by atoms with Crippen molar-refractivity contribution in [1.82, 2.24) is 14.6 Å². The number of pyridine rings is 1. The van der Waals surface area contributed by atoms with Gasteiger partial charge in [-0.25, -0.2) is 0 Å². The first-order valence-corrected chi connectivity index (χ1v) is 6.46. The first kappa shape index (κ1) is 9.48. The smallest absolute Gasteiger partial charge is 0.162 e. The summed E-state index contributed by atoms with van der Waals surface area (Å²) in [6.45, 7) is 0. The normalized spacial score (nSPS) is 21.3. The average molecular weight is 240 g/mol. The summed E-state index contributed by atoms with van der Waals surface area (Å²) in [4.78, 5) is 0. The first-order valence-electron chi connectivity index (χ1n) is 4.92. The molecule has 1 saturated heterocycles. The summed E-state index contributed by atoms with van der Waals surface area (Å²) in [6.07, 6.45) is 3.16. The lowest BCUT2D eigenvalue weighted by molar-refractivity contribution is 0.705. The molecule has 0 aliphatic carbocycles. The number of fused-ring (bicyclic) bond motifs is 1. The van der Waals surface area contributed by atoms with E-state index in [1.54, 1.807) is 0 Å². The molecule has 5 heteroatoms. The van der Waals surface area contributed by atoms with E-state index in [4.69, 9.17) is 11.6 Å². The van der Waals surface area contributed by atoms with Crippen LogP contribution in [-0.2, 0) is 0 Å². The summed E-state index contributed by atoms with van der Waals surface area (Å²) >= 11 is 7.89. The second kappa shape index (κ2) is 3.68. The van der Waals surface area contributed by atoms with Gasteiger partial charge < -0.3 is 0 Å². The van der Waals surface area contributed by atoms with E-state index in [-0.39, 0.29) is 0 Å². The molecule has 0 spiro atoms. The van der Waals surface area contributed by atoms with E-state index in [0.29, 0.717) is 10.9 Å². The second-order valence-corrected chi connectivity index (χ2v) is 5.28. The van der Waals surface area contributed by atoms with Crippen LogP contribution in [0.4, 0.5) is 0 Å². The van der Waals surface area contributed by atoms with E-state index in [9.17, 15) is 0 Å². The molecule has 1 aliphatic heterocycles. The maximum Gasteiger partial charge on any atom is 0.162 e. The molecular weight excluding hydrogens is 230 g/mol. The fourth-order valence-electron chi connectivity index (χ4n) is 1.90. The van der Waals surface area contributed by atoms with E-state index >= 15 is 0 Å². The summed E-state index contributed by atoms with van der Waals surface area (Å²) in [5.41, 5.74) is 0.842. The minimum absolute atomic E-state index is 0.547. The van der Waals surface area contributed by atoms with E-state index in [1.807, 2.05) is 34.5 Å². The molecule has 0 N–H and O–H groups in total. The monoisotopic (exact) mass is 239 g/mol. The maximum absolute atomic E-state index is 5.90. The lowest BCUT2D eigenvalue weighted by Gasteiger charge is -2.05. The Hall–Kier alpha value is -0.740. The third-order valence-corrected chi connectivity index (χ3v) is 4.09.